The van der Waals surface area contributed by atoms with E-state index in [2.05, 4.69) is 4.98 Å². The van der Waals surface area contributed by atoms with Gasteiger partial charge in [-0.15, -0.1) is 11.3 Å². The Hall–Kier alpha value is -1.59. The van der Waals surface area contributed by atoms with Crippen molar-refractivity contribution < 1.29 is 4.74 Å². The summed E-state index contributed by atoms with van der Waals surface area (Å²) in [5, 5.41) is 3.02. The van der Waals surface area contributed by atoms with Crippen LogP contribution in [0.3, 0.4) is 0 Å². The van der Waals surface area contributed by atoms with Crippen molar-refractivity contribution in [2.24, 2.45) is 5.73 Å². The second-order valence-corrected chi connectivity index (χ2v) is 4.80. The van der Waals surface area contributed by atoms with E-state index in [9.17, 15) is 0 Å². The molecule has 5 heteroatoms. The van der Waals surface area contributed by atoms with Crippen molar-refractivity contribution in [1.82, 2.24) is 4.98 Å². The highest BCUT2D eigenvalue weighted by molar-refractivity contribution is 7.13. The zero-order valence-electron chi connectivity index (χ0n) is 10.6. The van der Waals surface area contributed by atoms with E-state index in [1.807, 2.05) is 48.5 Å². The normalized spacial score (nSPS) is 10.4. The lowest BCUT2D eigenvalue weighted by Gasteiger charge is -2.16. The van der Waals surface area contributed by atoms with Crippen molar-refractivity contribution in [3.63, 3.8) is 0 Å². The van der Waals surface area contributed by atoms with Crippen molar-refractivity contribution in [3.8, 4) is 5.75 Å². The standard InChI is InChI=1S/C13H17N3OS/c1-10-9-18-13(15-10)16(2)11-4-3-5-12(8-11)17-7-6-14/h3-5,8-9H,6-7,14H2,1-2H3. The van der Waals surface area contributed by atoms with Crippen molar-refractivity contribution >= 4 is 22.2 Å². The lowest BCUT2D eigenvalue weighted by atomic mass is 10.3. The third-order valence-corrected chi connectivity index (χ3v) is 3.52. The SMILES string of the molecule is Cc1csc(N(C)c2cccc(OCCN)c2)n1. The van der Waals surface area contributed by atoms with E-state index in [1.54, 1.807) is 11.3 Å². The fourth-order valence-electron chi connectivity index (χ4n) is 1.56. The Morgan fingerprint density at radius 2 is 2.28 bits per heavy atom. The lowest BCUT2D eigenvalue weighted by molar-refractivity contribution is 0.328. The fourth-order valence-corrected chi connectivity index (χ4v) is 2.35. The minimum absolute atomic E-state index is 0.520. The van der Waals surface area contributed by atoms with Crippen LogP contribution in [-0.2, 0) is 0 Å². The predicted molar refractivity (Wildman–Crippen MR) is 75.9 cm³/mol. The fraction of sp³-hybridized carbons (Fsp3) is 0.308. The van der Waals surface area contributed by atoms with Crippen LogP contribution < -0.4 is 15.4 Å². The van der Waals surface area contributed by atoms with Gasteiger partial charge in [-0.2, -0.15) is 0 Å². The van der Waals surface area contributed by atoms with E-state index in [4.69, 9.17) is 10.5 Å². The van der Waals surface area contributed by atoms with Crippen LogP contribution in [0.2, 0.25) is 0 Å². The summed E-state index contributed by atoms with van der Waals surface area (Å²) in [5.74, 6) is 0.832. The molecule has 2 aromatic rings. The molecule has 0 unspecified atom stereocenters. The number of aromatic nitrogens is 1. The molecule has 18 heavy (non-hydrogen) atoms. The number of aryl methyl sites for hydroxylation is 1. The number of anilines is 2. The van der Waals surface area contributed by atoms with E-state index in [0.29, 0.717) is 13.2 Å². The number of benzene rings is 1. The summed E-state index contributed by atoms with van der Waals surface area (Å²) in [6.45, 7) is 3.05. The summed E-state index contributed by atoms with van der Waals surface area (Å²) in [5.41, 5.74) is 7.52. The zero-order chi connectivity index (χ0) is 13.0. The molecule has 0 saturated carbocycles. The molecule has 0 aliphatic heterocycles. The third-order valence-electron chi connectivity index (χ3n) is 2.49. The highest BCUT2D eigenvalue weighted by Crippen LogP contribution is 2.28. The van der Waals surface area contributed by atoms with Crippen molar-refractivity contribution in [2.75, 3.05) is 25.1 Å². The van der Waals surface area contributed by atoms with E-state index in [0.717, 1.165) is 22.3 Å². The number of ether oxygens (including phenoxy) is 1. The van der Waals surface area contributed by atoms with Crippen LogP contribution in [0.4, 0.5) is 10.8 Å². The van der Waals surface area contributed by atoms with E-state index in [1.165, 1.54) is 0 Å². The van der Waals surface area contributed by atoms with Gasteiger partial charge in [0.15, 0.2) is 5.13 Å². The van der Waals surface area contributed by atoms with Gasteiger partial charge in [-0.05, 0) is 19.1 Å². The summed E-state index contributed by atoms with van der Waals surface area (Å²) in [4.78, 5) is 6.51. The lowest BCUT2D eigenvalue weighted by Crippen LogP contribution is -2.12. The Labute approximate surface area is 111 Å². The van der Waals surface area contributed by atoms with E-state index < -0.39 is 0 Å². The van der Waals surface area contributed by atoms with Gasteiger partial charge in [0.25, 0.3) is 0 Å². The molecule has 2 N–H and O–H groups in total. The first-order valence-electron chi connectivity index (χ1n) is 5.79. The quantitative estimate of drug-likeness (QED) is 0.900. The Bertz CT molecular complexity index is 512. The first-order chi connectivity index (χ1) is 8.70. The minimum atomic E-state index is 0.520. The van der Waals surface area contributed by atoms with E-state index >= 15 is 0 Å². The van der Waals surface area contributed by atoms with Gasteiger partial charge in [-0.3, -0.25) is 0 Å². The molecule has 1 aromatic carbocycles. The molecule has 0 bridgehead atoms. The summed E-state index contributed by atoms with van der Waals surface area (Å²) in [6.07, 6.45) is 0. The summed E-state index contributed by atoms with van der Waals surface area (Å²) in [6, 6.07) is 7.93. The maximum atomic E-state index is 5.52. The Morgan fingerprint density at radius 3 is 2.94 bits per heavy atom. The van der Waals surface area contributed by atoms with Gasteiger partial charge >= 0.3 is 0 Å². The highest BCUT2D eigenvalue weighted by atomic mass is 32.1. The summed E-state index contributed by atoms with van der Waals surface area (Å²) in [7, 11) is 2.00. The number of nitrogens with zero attached hydrogens (tertiary/aromatic N) is 2. The number of rotatable bonds is 5. The Morgan fingerprint density at radius 1 is 1.44 bits per heavy atom. The van der Waals surface area contributed by atoms with Gasteiger partial charge in [0, 0.05) is 30.7 Å². The Balaban J connectivity index is 2.17. The first kappa shape index (κ1) is 12.9. The molecule has 0 atom stereocenters. The number of hydrogen-bond acceptors (Lipinski definition) is 5. The van der Waals surface area contributed by atoms with Crippen LogP contribution in [0.15, 0.2) is 29.6 Å². The molecule has 4 nitrogen and oxygen atoms in total. The largest absolute Gasteiger partial charge is 0.492 e. The highest BCUT2D eigenvalue weighted by Gasteiger charge is 2.08. The zero-order valence-corrected chi connectivity index (χ0v) is 11.4. The van der Waals surface area contributed by atoms with Gasteiger partial charge < -0.3 is 15.4 Å². The van der Waals surface area contributed by atoms with Crippen LogP contribution in [0.5, 0.6) is 5.75 Å². The monoisotopic (exact) mass is 263 g/mol. The van der Waals surface area contributed by atoms with Crippen LogP contribution in [-0.4, -0.2) is 25.2 Å². The van der Waals surface area contributed by atoms with Crippen LogP contribution in [0.25, 0.3) is 0 Å². The second-order valence-electron chi connectivity index (χ2n) is 3.96. The maximum absolute atomic E-state index is 5.52. The molecule has 0 fully saturated rings. The van der Waals surface area contributed by atoms with Gasteiger partial charge in [0.2, 0.25) is 0 Å². The molecule has 1 aromatic heterocycles. The summed E-state index contributed by atoms with van der Waals surface area (Å²) < 4.78 is 5.52. The number of hydrogen-bond donors (Lipinski definition) is 1. The van der Waals surface area contributed by atoms with Crippen LogP contribution in [0.1, 0.15) is 5.69 Å². The van der Waals surface area contributed by atoms with Gasteiger partial charge in [0.05, 0.1) is 5.69 Å². The number of nitrogens with two attached hydrogens (primary N) is 1. The van der Waals surface area contributed by atoms with Crippen molar-refractivity contribution in [3.05, 3.63) is 35.3 Å². The number of thiazole rings is 1. The molecule has 0 radical (unpaired) electrons. The molecule has 2 rings (SSSR count). The smallest absolute Gasteiger partial charge is 0.189 e. The Kier molecular flexibility index (Phi) is 4.17. The van der Waals surface area contributed by atoms with Crippen LogP contribution in [0, 0.1) is 6.92 Å². The average Bonchev–Trinajstić information content (AvgIpc) is 2.82. The molecule has 96 valence electrons. The summed E-state index contributed by atoms with van der Waals surface area (Å²) >= 11 is 1.63. The maximum Gasteiger partial charge on any atom is 0.189 e. The first-order valence-corrected chi connectivity index (χ1v) is 6.67. The molecule has 0 spiro atoms. The van der Waals surface area contributed by atoms with Gasteiger partial charge in [0.1, 0.15) is 12.4 Å². The molecular formula is C13H17N3OS. The molecule has 0 amide bonds. The van der Waals surface area contributed by atoms with Crippen LogP contribution >= 0.6 is 11.3 Å². The second kappa shape index (κ2) is 5.84. The average molecular weight is 263 g/mol. The van der Waals surface area contributed by atoms with Crippen molar-refractivity contribution in [2.45, 2.75) is 6.92 Å². The van der Waals surface area contributed by atoms with E-state index in [-0.39, 0.29) is 0 Å². The molecule has 0 aliphatic rings. The predicted octanol–water partition coefficient (Wildman–Crippen LogP) is 2.56. The van der Waals surface area contributed by atoms with Gasteiger partial charge in [-0.1, -0.05) is 6.07 Å². The van der Waals surface area contributed by atoms with Gasteiger partial charge in [-0.25, -0.2) is 4.98 Å². The molecule has 0 aliphatic carbocycles. The molecule has 0 saturated heterocycles. The minimum Gasteiger partial charge on any atom is -0.492 e. The van der Waals surface area contributed by atoms with Crippen molar-refractivity contribution in [1.29, 1.82) is 0 Å². The molecular weight excluding hydrogens is 246 g/mol. The molecule has 1 heterocycles. The topological polar surface area (TPSA) is 51.4 Å². The third kappa shape index (κ3) is 3.00.